The van der Waals surface area contributed by atoms with E-state index in [1.54, 1.807) is 24.3 Å². The first-order chi connectivity index (χ1) is 12.5. The van der Waals surface area contributed by atoms with Gasteiger partial charge in [-0.1, -0.05) is 24.3 Å². The van der Waals surface area contributed by atoms with Gasteiger partial charge in [0.15, 0.2) is 5.65 Å². The van der Waals surface area contributed by atoms with Crippen LogP contribution in [-0.2, 0) is 12.6 Å². The third-order valence-corrected chi connectivity index (χ3v) is 4.06. The van der Waals surface area contributed by atoms with Crippen molar-refractivity contribution in [3.8, 4) is 0 Å². The number of hydrogen-bond donors (Lipinski definition) is 1. The minimum atomic E-state index is -4.50. The molecule has 4 rings (SSSR count). The van der Waals surface area contributed by atoms with E-state index in [4.69, 9.17) is 0 Å². The van der Waals surface area contributed by atoms with Crippen LogP contribution in [0.5, 0.6) is 0 Å². The summed E-state index contributed by atoms with van der Waals surface area (Å²) in [6.45, 7) is 0.418. The van der Waals surface area contributed by atoms with E-state index in [0.29, 0.717) is 29.6 Å². The highest BCUT2D eigenvalue weighted by Crippen LogP contribution is 2.32. The van der Waals surface area contributed by atoms with Gasteiger partial charge in [-0.15, -0.1) is 10.2 Å². The van der Waals surface area contributed by atoms with Crippen molar-refractivity contribution in [1.82, 2.24) is 19.6 Å². The molecule has 8 heteroatoms. The van der Waals surface area contributed by atoms with E-state index in [-0.39, 0.29) is 0 Å². The lowest BCUT2D eigenvalue weighted by atomic mass is 10.1. The maximum Gasteiger partial charge on any atom is 0.433 e. The molecule has 0 radical (unpaired) electrons. The highest BCUT2D eigenvalue weighted by atomic mass is 19.4. The van der Waals surface area contributed by atoms with E-state index in [1.807, 2.05) is 28.8 Å². The van der Waals surface area contributed by atoms with Gasteiger partial charge in [-0.3, -0.25) is 4.40 Å². The van der Waals surface area contributed by atoms with Crippen LogP contribution >= 0.6 is 0 Å². The van der Waals surface area contributed by atoms with E-state index in [2.05, 4.69) is 20.5 Å². The van der Waals surface area contributed by atoms with Crippen LogP contribution in [0.4, 0.5) is 18.9 Å². The topological polar surface area (TPSA) is 55.1 Å². The predicted octanol–water partition coefficient (Wildman–Crippen LogP) is 3.95. The number of rotatable bonds is 4. The minimum absolute atomic E-state index is 0.303. The van der Waals surface area contributed by atoms with Crippen molar-refractivity contribution in [2.24, 2.45) is 0 Å². The fourth-order valence-corrected chi connectivity index (χ4v) is 2.84. The van der Waals surface area contributed by atoms with E-state index < -0.39 is 11.9 Å². The second-order valence-electron chi connectivity index (χ2n) is 5.79. The lowest BCUT2D eigenvalue weighted by Gasteiger charge is -2.13. The summed E-state index contributed by atoms with van der Waals surface area (Å²) in [6, 6.07) is 13.4. The fraction of sp³-hybridized carbons (Fsp3) is 0.167. The summed E-state index contributed by atoms with van der Waals surface area (Å²) in [6.07, 6.45) is -2.12. The third-order valence-electron chi connectivity index (χ3n) is 4.06. The Morgan fingerprint density at radius 2 is 1.81 bits per heavy atom. The Balaban J connectivity index is 1.60. The summed E-state index contributed by atoms with van der Waals surface area (Å²) in [5, 5.41) is 11.9. The first-order valence-electron chi connectivity index (χ1n) is 8.02. The van der Waals surface area contributed by atoms with Crippen LogP contribution in [0, 0.1) is 0 Å². The number of anilines is 1. The van der Waals surface area contributed by atoms with Crippen molar-refractivity contribution in [2.75, 3.05) is 11.9 Å². The van der Waals surface area contributed by atoms with Crippen LogP contribution in [0.15, 0.2) is 54.7 Å². The van der Waals surface area contributed by atoms with Gasteiger partial charge in [0.25, 0.3) is 0 Å². The molecular formula is C18H14F3N5. The maximum absolute atomic E-state index is 13.1. The summed E-state index contributed by atoms with van der Waals surface area (Å²) in [5.74, 6) is 0.738. The molecule has 0 aliphatic carbocycles. The molecule has 1 N–H and O–H groups in total. The monoisotopic (exact) mass is 357 g/mol. The lowest BCUT2D eigenvalue weighted by Crippen LogP contribution is -2.12. The molecule has 0 saturated heterocycles. The van der Waals surface area contributed by atoms with Gasteiger partial charge >= 0.3 is 6.18 Å². The van der Waals surface area contributed by atoms with Gasteiger partial charge in [0.2, 0.25) is 0 Å². The van der Waals surface area contributed by atoms with Gasteiger partial charge in [-0.2, -0.15) is 13.2 Å². The molecular weight excluding hydrogens is 343 g/mol. The van der Waals surface area contributed by atoms with Gasteiger partial charge in [0.05, 0.1) is 5.52 Å². The number of nitrogens with zero attached hydrogens (tertiary/aromatic N) is 4. The van der Waals surface area contributed by atoms with Crippen molar-refractivity contribution in [1.29, 1.82) is 0 Å². The molecule has 0 aliphatic heterocycles. The minimum Gasteiger partial charge on any atom is -0.384 e. The first-order valence-corrected chi connectivity index (χ1v) is 8.02. The first kappa shape index (κ1) is 16.3. The summed E-state index contributed by atoms with van der Waals surface area (Å²) in [5.41, 5.74) is 0.525. The number of hydrogen-bond acceptors (Lipinski definition) is 4. The smallest absolute Gasteiger partial charge is 0.384 e. The number of para-hydroxylation sites is 1. The summed E-state index contributed by atoms with van der Waals surface area (Å²) >= 11 is 0. The standard InChI is InChI=1S/C18H14F3N5/c19-18(20,21)15-11-14(12-5-1-2-6-13(12)23-15)22-9-8-17-25-24-16-7-3-4-10-26(16)17/h1-7,10-11H,8-9H2,(H,22,23). The Kier molecular flexibility index (Phi) is 3.95. The molecule has 132 valence electrons. The third kappa shape index (κ3) is 3.05. The number of aromatic nitrogens is 4. The SMILES string of the molecule is FC(F)(F)c1cc(NCCc2nnc3ccccn23)c2ccccc2n1. The second kappa shape index (κ2) is 6.29. The average molecular weight is 357 g/mol. The average Bonchev–Trinajstić information content (AvgIpc) is 3.04. The van der Waals surface area contributed by atoms with Crippen molar-refractivity contribution in [3.05, 3.63) is 66.2 Å². The molecule has 0 unspecified atom stereocenters. The Morgan fingerprint density at radius 3 is 2.65 bits per heavy atom. The number of benzene rings is 1. The van der Waals surface area contributed by atoms with E-state index in [0.717, 1.165) is 17.5 Å². The van der Waals surface area contributed by atoms with E-state index >= 15 is 0 Å². The molecule has 0 spiro atoms. The van der Waals surface area contributed by atoms with Gasteiger partial charge in [0.1, 0.15) is 11.5 Å². The zero-order valence-electron chi connectivity index (χ0n) is 13.5. The molecule has 3 heterocycles. The molecule has 26 heavy (non-hydrogen) atoms. The highest BCUT2D eigenvalue weighted by Gasteiger charge is 2.33. The van der Waals surface area contributed by atoms with Gasteiger partial charge < -0.3 is 5.32 Å². The lowest BCUT2D eigenvalue weighted by molar-refractivity contribution is -0.140. The van der Waals surface area contributed by atoms with E-state index in [9.17, 15) is 13.2 Å². The molecule has 1 aromatic carbocycles. The quantitative estimate of drug-likeness (QED) is 0.601. The molecule has 0 fully saturated rings. The molecule has 0 amide bonds. The number of nitrogens with one attached hydrogen (secondary N) is 1. The van der Waals surface area contributed by atoms with Crippen molar-refractivity contribution < 1.29 is 13.2 Å². The van der Waals surface area contributed by atoms with Crippen molar-refractivity contribution in [2.45, 2.75) is 12.6 Å². The molecule has 4 aromatic rings. The normalized spacial score (nSPS) is 12.0. The zero-order valence-corrected chi connectivity index (χ0v) is 13.5. The summed E-state index contributed by atoms with van der Waals surface area (Å²) in [4.78, 5) is 3.71. The highest BCUT2D eigenvalue weighted by molar-refractivity contribution is 5.91. The fourth-order valence-electron chi connectivity index (χ4n) is 2.84. The van der Waals surface area contributed by atoms with Gasteiger partial charge in [-0.25, -0.2) is 4.98 Å². The van der Waals surface area contributed by atoms with Crippen molar-refractivity contribution >= 4 is 22.2 Å². The molecule has 0 saturated carbocycles. The summed E-state index contributed by atoms with van der Waals surface area (Å²) in [7, 11) is 0. The van der Waals surface area contributed by atoms with Crippen molar-refractivity contribution in [3.63, 3.8) is 0 Å². The Hall–Kier alpha value is -3.16. The van der Waals surface area contributed by atoms with Crippen LogP contribution in [0.2, 0.25) is 0 Å². The number of pyridine rings is 2. The van der Waals surface area contributed by atoms with Crippen LogP contribution in [0.25, 0.3) is 16.6 Å². The zero-order chi connectivity index (χ0) is 18.1. The Morgan fingerprint density at radius 1 is 1.00 bits per heavy atom. The molecule has 0 bridgehead atoms. The van der Waals surface area contributed by atoms with Gasteiger partial charge in [-0.05, 0) is 24.3 Å². The molecule has 0 atom stereocenters. The molecule has 3 aromatic heterocycles. The predicted molar refractivity (Wildman–Crippen MR) is 91.9 cm³/mol. The van der Waals surface area contributed by atoms with Crippen LogP contribution < -0.4 is 5.32 Å². The molecule has 5 nitrogen and oxygen atoms in total. The van der Waals surface area contributed by atoms with Crippen LogP contribution in [0.3, 0.4) is 0 Å². The molecule has 0 aliphatic rings. The Labute approximate surface area is 146 Å². The number of fused-ring (bicyclic) bond motifs is 2. The van der Waals surface area contributed by atoms with Crippen LogP contribution in [-0.4, -0.2) is 26.1 Å². The second-order valence-corrected chi connectivity index (χ2v) is 5.79. The number of halogens is 3. The van der Waals surface area contributed by atoms with Gasteiger partial charge in [0, 0.05) is 30.2 Å². The van der Waals surface area contributed by atoms with Crippen LogP contribution in [0.1, 0.15) is 11.5 Å². The maximum atomic E-state index is 13.1. The van der Waals surface area contributed by atoms with E-state index in [1.165, 1.54) is 0 Å². The Bertz CT molecular complexity index is 1070. The summed E-state index contributed by atoms with van der Waals surface area (Å²) < 4.78 is 41.2. The number of alkyl halides is 3. The largest absolute Gasteiger partial charge is 0.433 e.